The molecular weight excluding hydrogens is 358 g/mol. The first-order valence-electron chi connectivity index (χ1n) is 6.26. The van der Waals surface area contributed by atoms with Crippen LogP contribution in [0.5, 0.6) is 0 Å². The average Bonchev–Trinajstić information content (AvgIpc) is 2.87. The minimum atomic E-state index is -3.48. The number of aryl methyl sites for hydroxylation is 2. The molecule has 0 aliphatic rings. The van der Waals surface area contributed by atoms with Gasteiger partial charge in [-0.3, -0.25) is 0 Å². The van der Waals surface area contributed by atoms with Crippen LogP contribution in [-0.2, 0) is 23.0 Å². The van der Waals surface area contributed by atoms with E-state index in [2.05, 4.69) is 27.6 Å². The number of thiophene rings is 1. The molecule has 0 bridgehead atoms. The Morgan fingerprint density at radius 1 is 1.20 bits per heavy atom. The predicted octanol–water partition coefficient (Wildman–Crippen LogP) is 3.86. The van der Waals surface area contributed by atoms with Gasteiger partial charge in [0.1, 0.15) is 0 Å². The molecule has 3 nitrogen and oxygen atoms in total. The molecule has 2 aromatic rings. The molecule has 0 unspecified atom stereocenters. The van der Waals surface area contributed by atoms with Crippen LogP contribution < -0.4 is 4.72 Å². The number of rotatable bonds is 5. The lowest BCUT2D eigenvalue weighted by molar-refractivity contribution is 0.581. The first-order chi connectivity index (χ1) is 9.42. The number of hydrogen-bond donors (Lipinski definition) is 1. The molecule has 0 aliphatic carbocycles. The highest BCUT2D eigenvalue weighted by Gasteiger charge is 2.17. The number of halogens is 1. The molecule has 6 heteroatoms. The molecule has 0 spiro atoms. The summed E-state index contributed by atoms with van der Waals surface area (Å²) >= 11 is 4.95. The first-order valence-corrected chi connectivity index (χ1v) is 9.35. The van der Waals surface area contributed by atoms with Crippen molar-refractivity contribution in [3.8, 4) is 0 Å². The Morgan fingerprint density at radius 2 is 1.90 bits per heavy atom. The molecule has 0 fully saturated rings. The zero-order chi connectivity index (χ0) is 14.8. The molecule has 1 aromatic carbocycles. The quantitative estimate of drug-likeness (QED) is 0.864. The van der Waals surface area contributed by atoms with Crippen molar-refractivity contribution in [2.75, 3.05) is 0 Å². The first kappa shape index (κ1) is 15.7. The van der Waals surface area contributed by atoms with E-state index in [1.807, 2.05) is 18.2 Å². The predicted molar refractivity (Wildman–Crippen MR) is 86.6 cm³/mol. The summed E-state index contributed by atoms with van der Waals surface area (Å²) in [5, 5.41) is 0. The fourth-order valence-corrected chi connectivity index (χ4v) is 4.59. The second-order valence-electron chi connectivity index (χ2n) is 4.46. The van der Waals surface area contributed by atoms with Crippen LogP contribution in [0.1, 0.15) is 22.2 Å². The Hall–Kier alpha value is -0.690. The van der Waals surface area contributed by atoms with E-state index in [4.69, 9.17) is 0 Å². The Labute approximate surface area is 132 Å². The Bertz CT molecular complexity index is 708. The Kier molecular flexibility index (Phi) is 5.01. The van der Waals surface area contributed by atoms with Crippen LogP contribution >= 0.6 is 27.3 Å². The molecular formula is C14H16BrNO2S2. The van der Waals surface area contributed by atoms with Crippen molar-refractivity contribution in [1.82, 2.24) is 4.72 Å². The van der Waals surface area contributed by atoms with Crippen LogP contribution in [0.2, 0.25) is 0 Å². The highest BCUT2D eigenvalue weighted by molar-refractivity contribution is 9.10. The fraction of sp³-hybridized carbons (Fsp3) is 0.286. The largest absolute Gasteiger partial charge is 0.241 e. The fourth-order valence-electron chi connectivity index (χ4n) is 1.81. The third kappa shape index (κ3) is 3.69. The molecule has 1 heterocycles. The summed E-state index contributed by atoms with van der Waals surface area (Å²) in [5.41, 5.74) is 0.737. The van der Waals surface area contributed by atoms with Crippen molar-refractivity contribution >= 4 is 37.3 Å². The van der Waals surface area contributed by atoms with Crippen LogP contribution in [0.25, 0.3) is 0 Å². The van der Waals surface area contributed by atoms with Crippen LogP contribution in [0.15, 0.2) is 39.7 Å². The minimum absolute atomic E-state index is 0.319. The Balaban J connectivity index is 2.17. The van der Waals surface area contributed by atoms with Gasteiger partial charge in [0.25, 0.3) is 0 Å². The van der Waals surface area contributed by atoms with Gasteiger partial charge in [-0.25, -0.2) is 13.1 Å². The standard InChI is InChI=1S/C14H16BrNO2S2/c1-3-12-6-7-13(19-12)9-16-20(17,18)14-8-11(15)5-4-10(14)2/h4-8,16H,3,9H2,1-2H3. The second kappa shape index (κ2) is 6.39. The molecule has 0 saturated carbocycles. The van der Waals surface area contributed by atoms with Gasteiger partial charge in [0.05, 0.1) is 4.90 Å². The minimum Gasteiger partial charge on any atom is -0.207 e. The lowest BCUT2D eigenvalue weighted by atomic mass is 10.2. The molecule has 0 amide bonds. The van der Waals surface area contributed by atoms with Crippen molar-refractivity contribution in [2.24, 2.45) is 0 Å². The summed E-state index contributed by atoms with van der Waals surface area (Å²) < 4.78 is 28.1. The number of nitrogens with one attached hydrogen (secondary N) is 1. The molecule has 0 atom stereocenters. The average molecular weight is 374 g/mol. The van der Waals surface area contributed by atoms with Crippen molar-refractivity contribution in [3.63, 3.8) is 0 Å². The molecule has 1 aromatic heterocycles. The monoisotopic (exact) mass is 373 g/mol. The molecule has 20 heavy (non-hydrogen) atoms. The van der Waals surface area contributed by atoms with Gasteiger partial charge in [0, 0.05) is 20.8 Å². The summed E-state index contributed by atoms with van der Waals surface area (Å²) in [6.45, 7) is 4.21. The summed E-state index contributed by atoms with van der Waals surface area (Å²) in [4.78, 5) is 2.61. The number of benzene rings is 1. The van der Waals surface area contributed by atoms with Gasteiger partial charge in [-0.1, -0.05) is 28.9 Å². The summed E-state index contributed by atoms with van der Waals surface area (Å²) in [6.07, 6.45) is 0.974. The van der Waals surface area contributed by atoms with Crippen molar-refractivity contribution in [1.29, 1.82) is 0 Å². The van der Waals surface area contributed by atoms with Crippen molar-refractivity contribution in [2.45, 2.75) is 31.7 Å². The normalized spacial score (nSPS) is 11.8. The van der Waals surface area contributed by atoms with E-state index in [1.54, 1.807) is 30.4 Å². The second-order valence-corrected chi connectivity index (χ2v) is 8.36. The zero-order valence-electron chi connectivity index (χ0n) is 11.3. The highest BCUT2D eigenvalue weighted by Crippen LogP contribution is 2.22. The van der Waals surface area contributed by atoms with Crippen molar-refractivity contribution < 1.29 is 8.42 Å². The van der Waals surface area contributed by atoms with Gasteiger partial charge in [-0.05, 0) is 43.2 Å². The molecule has 0 radical (unpaired) electrons. The molecule has 0 saturated heterocycles. The highest BCUT2D eigenvalue weighted by atomic mass is 79.9. The van der Waals surface area contributed by atoms with Gasteiger partial charge in [0.15, 0.2) is 0 Å². The molecule has 0 aliphatic heterocycles. The van der Waals surface area contributed by atoms with Crippen LogP contribution in [0, 0.1) is 6.92 Å². The van der Waals surface area contributed by atoms with Crippen LogP contribution in [0.3, 0.4) is 0 Å². The smallest absolute Gasteiger partial charge is 0.207 e. The molecule has 108 valence electrons. The molecule has 2 rings (SSSR count). The Morgan fingerprint density at radius 3 is 2.55 bits per heavy atom. The van der Waals surface area contributed by atoms with E-state index in [0.29, 0.717) is 11.4 Å². The lowest BCUT2D eigenvalue weighted by Crippen LogP contribution is -2.23. The molecule has 1 N–H and O–H groups in total. The summed E-state index contributed by atoms with van der Waals surface area (Å²) in [6, 6.07) is 9.27. The van der Waals surface area contributed by atoms with E-state index >= 15 is 0 Å². The third-order valence-electron chi connectivity index (χ3n) is 2.94. The van der Waals surface area contributed by atoms with Gasteiger partial charge in [-0.15, -0.1) is 11.3 Å². The van der Waals surface area contributed by atoms with E-state index in [9.17, 15) is 8.42 Å². The van der Waals surface area contributed by atoms with Gasteiger partial charge >= 0.3 is 0 Å². The zero-order valence-corrected chi connectivity index (χ0v) is 14.5. The maximum absolute atomic E-state index is 12.3. The van der Waals surface area contributed by atoms with Gasteiger partial charge < -0.3 is 0 Å². The number of hydrogen-bond acceptors (Lipinski definition) is 3. The van der Waals surface area contributed by atoms with E-state index < -0.39 is 10.0 Å². The summed E-state index contributed by atoms with van der Waals surface area (Å²) in [7, 11) is -3.48. The number of sulfonamides is 1. The SMILES string of the molecule is CCc1ccc(CNS(=O)(=O)c2cc(Br)ccc2C)s1. The lowest BCUT2D eigenvalue weighted by Gasteiger charge is -2.09. The topological polar surface area (TPSA) is 46.2 Å². The van der Waals surface area contributed by atoms with E-state index in [0.717, 1.165) is 21.3 Å². The third-order valence-corrected chi connectivity index (χ3v) is 6.21. The van der Waals surface area contributed by atoms with Crippen LogP contribution in [0.4, 0.5) is 0 Å². The van der Waals surface area contributed by atoms with E-state index in [1.165, 1.54) is 4.88 Å². The van der Waals surface area contributed by atoms with Crippen molar-refractivity contribution in [3.05, 3.63) is 50.1 Å². The maximum atomic E-state index is 12.3. The maximum Gasteiger partial charge on any atom is 0.241 e. The van der Waals surface area contributed by atoms with Gasteiger partial charge in [-0.2, -0.15) is 0 Å². The van der Waals surface area contributed by atoms with Crippen LogP contribution in [-0.4, -0.2) is 8.42 Å². The summed E-state index contributed by atoms with van der Waals surface area (Å²) in [5.74, 6) is 0. The van der Waals surface area contributed by atoms with E-state index in [-0.39, 0.29) is 0 Å². The van der Waals surface area contributed by atoms with Gasteiger partial charge in [0.2, 0.25) is 10.0 Å².